The minimum absolute atomic E-state index is 0.111. The third-order valence-corrected chi connectivity index (χ3v) is 3.44. The monoisotopic (exact) mass is 339 g/mol. The second kappa shape index (κ2) is 6.83. The molecular weight excluding hydrogens is 326 g/mol. The van der Waals surface area contributed by atoms with Crippen molar-refractivity contribution in [3.63, 3.8) is 0 Å². The van der Waals surface area contributed by atoms with Gasteiger partial charge < -0.3 is 14.4 Å². The lowest BCUT2D eigenvalue weighted by atomic mass is 10.1. The van der Waals surface area contributed by atoms with Crippen molar-refractivity contribution in [1.29, 1.82) is 0 Å². The van der Waals surface area contributed by atoms with Gasteiger partial charge in [0.15, 0.2) is 5.56 Å². The van der Waals surface area contributed by atoms with Gasteiger partial charge in [-0.05, 0) is 36.4 Å². The number of nitrogens with one attached hydrogen (secondary N) is 1. The van der Waals surface area contributed by atoms with Crippen molar-refractivity contribution < 1.29 is 24.0 Å². The second-order valence-electron chi connectivity index (χ2n) is 4.96. The molecule has 1 aromatic carbocycles. The molecule has 25 heavy (non-hydrogen) atoms. The topological polar surface area (TPSA) is 115 Å². The molecule has 0 atom stereocenters. The van der Waals surface area contributed by atoms with Gasteiger partial charge in [0.1, 0.15) is 11.4 Å². The predicted octanol–water partition coefficient (Wildman–Crippen LogP) is 2.70. The van der Waals surface area contributed by atoms with Gasteiger partial charge in [0.25, 0.3) is 5.91 Å². The SMILES string of the molecule is COc1ccc(C(=O)Nc2onc(-c3ccncc3)c2C(=O)O)cc1. The number of ether oxygens (including phenoxy) is 1. The van der Waals surface area contributed by atoms with Gasteiger partial charge in [-0.25, -0.2) is 4.79 Å². The Labute approximate surface area is 142 Å². The summed E-state index contributed by atoms with van der Waals surface area (Å²) in [5, 5.41) is 15.7. The number of pyridine rings is 1. The van der Waals surface area contributed by atoms with E-state index < -0.39 is 11.9 Å². The quantitative estimate of drug-likeness (QED) is 0.734. The molecule has 3 aromatic rings. The number of carboxylic acid groups (broad SMARTS) is 1. The first kappa shape index (κ1) is 16.2. The van der Waals surface area contributed by atoms with Crippen molar-refractivity contribution in [2.45, 2.75) is 0 Å². The summed E-state index contributed by atoms with van der Waals surface area (Å²) < 4.78 is 10.1. The van der Waals surface area contributed by atoms with E-state index in [4.69, 9.17) is 9.26 Å². The van der Waals surface area contributed by atoms with Crippen molar-refractivity contribution in [2.24, 2.45) is 0 Å². The van der Waals surface area contributed by atoms with Gasteiger partial charge >= 0.3 is 5.97 Å². The van der Waals surface area contributed by atoms with E-state index in [0.29, 0.717) is 16.9 Å². The number of nitrogens with zero attached hydrogens (tertiary/aromatic N) is 2. The number of hydrogen-bond donors (Lipinski definition) is 2. The van der Waals surface area contributed by atoms with Crippen LogP contribution < -0.4 is 10.1 Å². The van der Waals surface area contributed by atoms with E-state index in [1.165, 1.54) is 19.5 Å². The molecule has 0 bridgehead atoms. The molecule has 2 aromatic heterocycles. The third-order valence-electron chi connectivity index (χ3n) is 3.44. The van der Waals surface area contributed by atoms with Crippen LogP contribution in [-0.2, 0) is 0 Å². The molecular formula is C17H13N3O5. The van der Waals surface area contributed by atoms with Crippen molar-refractivity contribution >= 4 is 17.8 Å². The maximum absolute atomic E-state index is 12.3. The van der Waals surface area contributed by atoms with Gasteiger partial charge in [0.2, 0.25) is 5.88 Å². The molecule has 0 fully saturated rings. The van der Waals surface area contributed by atoms with Gasteiger partial charge in [-0.3, -0.25) is 15.1 Å². The minimum atomic E-state index is -1.27. The molecule has 1 amide bonds. The Bertz CT molecular complexity index is 904. The summed E-state index contributed by atoms with van der Waals surface area (Å²) in [5.41, 5.74) is 0.716. The summed E-state index contributed by atoms with van der Waals surface area (Å²) in [4.78, 5) is 27.8. The standard InChI is InChI=1S/C17H13N3O5/c1-24-12-4-2-11(3-5-12)15(21)19-16-13(17(22)23)14(20-25-16)10-6-8-18-9-7-10/h2-9H,1H3,(H,19,21)(H,22,23). The molecule has 0 aliphatic carbocycles. The Morgan fingerprint density at radius 1 is 1.12 bits per heavy atom. The number of aromatic carboxylic acids is 1. The van der Waals surface area contributed by atoms with Crippen molar-refractivity contribution in [3.05, 3.63) is 59.9 Å². The summed E-state index contributed by atoms with van der Waals surface area (Å²) in [6.07, 6.45) is 3.01. The van der Waals surface area contributed by atoms with Crippen LogP contribution in [0.25, 0.3) is 11.3 Å². The lowest BCUT2D eigenvalue weighted by molar-refractivity contribution is 0.0698. The van der Waals surface area contributed by atoms with Crippen molar-refractivity contribution in [3.8, 4) is 17.0 Å². The third kappa shape index (κ3) is 3.32. The number of amides is 1. The number of carboxylic acids is 1. The predicted molar refractivity (Wildman–Crippen MR) is 87.6 cm³/mol. The minimum Gasteiger partial charge on any atom is -0.497 e. The fourth-order valence-electron chi connectivity index (χ4n) is 2.20. The average molecular weight is 339 g/mol. The molecule has 2 heterocycles. The zero-order valence-corrected chi connectivity index (χ0v) is 13.1. The zero-order valence-electron chi connectivity index (χ0n) is 13.1. The fraction of sp³-hybridized carbons (Fsp3) is 0.0588. The molecule has 0 radical (unpaired) electrons. The van der Waals surface area contributed by atoms with E-state index >= 15 is 0 Å². The van der Waals surface area contributed by atoms with Crippen LogP contribution in [0.2, 0.25) is 0 Å². The number of carbonyl (C=O) groups is 2. The van der Waals surface area contributed by atoms with Crippen LogP contribution in [0.1, 0.15) is 20.7 Å². The van der Waals surface area contributed by atoms with E-state index in [0.717, 1.165) is 0 Å². The van der Waals surface area contributed by atoms with E-state index in [-0.39, 0.29) is 17.1 Å². The molecule has 8 heteroatoms. The van der Waals surface area contributed by atoms with Gasteiger partial charge in [-0.15, -0.1) is 0 Å². The number of anilines is 1. The average Bonchev–Trinajstić information content (AvgIpc) is 3.06. The maximum Gasteiger partial charge on any atom is 0.343 e. The first-order valence-electron chi connectivity index (χ1n) is 7.19. The van der Waals surface area contributed by atoms with Crippen molar-refractivity contribution in [2.75, 3.05) is 12.4 Å². The molecule has 0 spiro atoms. The number of benzene rings is 1. The molecule has 0 saturated heterocycles. The Kier molecular flexibility index (Phi) is 4.42. The Hall–Kier alpha value is -3.68. The van der Waals surface area contributed by atoms with E-state index in [9.17, 15) is 14.7 Å². The summed E-state index contributed by atoms with van der Waals surface area (Å²) in [7, 11) is 1.52. The second-order valence-corrected chi connectivity index (χ2v) is 4.96. The Morgan fingerprint density at radius 2 is 1.80 bits per heavy atom. The number of carbonyl (C=O) groups excluding carboxylic acids is 1. The molecule has 2 N–H and O–H groups in total. The largest absolute Gasteiger partial charge is 0.497 e. The smallest absolute Gasteiger partial charge is 0.343 e. The van der Waals surface area contributed by atoms with Crippen molar-refractivity contribution in [1.82, 2.24) is 10.1 Å². The fourth-order valence-corrected chi connectivity index (χ4v) is 2.20. The summed E-state index contributed by atoms with van der Waals surface area (Å²) in [6.45, 7) is 0. The van der Waals surface area contributed by atoms with E-state index in [2.05, 4.69) is 15.5 Å². The molecule has 0 unspecified atom stereocenters. The van der Waals surface area contributed by atoms with Crippen LogP contribution in [0.4, 0.5) is 5.88 Å². The summed E-state index contributed by atoms with van der Waals surface area (Å²) >= 11 is 0. The highest BCUT2D eigenvalue weighted by Gasteiger charge is 2.25. The van der Waals surface area contributed by atoms with Crippen LogP contribution in [0.3, 0.4) is 0 Å². The summed E-state index contributed by atoms with van der Waals surface area (Å²) in [6, 6.07) is 9.54. The number of rotatable bonds is 5. The Morgan fingerprint density at radius 3 is 2.40 bits per heavy atom. The molecule has 0 aliphatic heterocycles. The lowest BCUT2D eigenvalue weighted by Crippen LogP contribution is -2.14. The number of aromatic nitrogens is 2. The molecule has 0 aliphatic rings. The van der Waals surface area contributed by atoms with Gasteiger partial charge in [0, 0.05) is 23.5 Å². The number of methoxy groups -OCH3 is 1. The van der Waals surface area contributed by atoms with Crippen LogP contribution in [0.15, 0.2) is 53.3 Å². The molecule has 126 valence electrons. The maximum atomic E-state index is 12.3. The lowest BCUT2D eigenvalue weighted by Gasteiger charge is -2.04. The first-order valence-corrected chi connectivity index (χ1v) is 7.19. The van der Waals surface area contributed by atoms with Gasteiger partial charge in [-0.1, -0.05) is 5.16 Å². The normalized spacial score (nSPS) is 10.3. The van der Waals surface area contributed by atoms with Crippen LogP contribution >= 0.6 is 0 Å². The first-order chi connectivity index (χ1) is 12.1. The molecule has 3 rings (SSSR count). The van der Waals surface area contributed by atoms with E-state index in [1.54, 1.807) is 36.4 Å². The molecule has 0 saturated carbocycles. The van der Waals surface area contributed by atoms with Gasteiger partial charge in [-0.2, -0.15) is 0 Å². The van der Waals surface area contributed by atoms with Crippen LogP contribution in [0, 0.1) is 0 Å². The highest BCUT2D eigenvalue weighted by molar-refractivity contribution is 6.08. The van der Waals surface area contributed by atoms with Gasteiger partial charge in [0.05, 0.1) is 7.11 Å². The highest BCUT2D eigenvalue weighted by Crippen LogP contribution is 2.29. The van der Waals surface area contributed by atoms with Crippen LogP contribution in [-0.4, -0.2) is 34.2 Å². The summed E-state index contributed by atoms with van der Waals surface area (Å²) in [5.74, 6) is -1.43. The molecule has 8 nitrogen and oxygen atoms in total. The van der Waals surface area contributed by atoms with Crippen LogP contribution in [0.5, 0.6) is 5.75 Å². The zero-order chi connectivity index (χ0) is 17.8. The Balaban J connectivity index is 1.91. The number of hydrogen-bond acceptors (Lipinski definition) is 6. The highest BCUT2D eigenvalue weighted by atomic mass is 16.5. The van der Waals surface area contributed by atoms with E-state index in [1.807, 2.05) is 0 Å².